The number of rotatable bonds is 7. The van der Waals surface area contributed by atoms with Crippen molar-refractivity contribution in [2.75, 3.05) is 6.54 Å². The predicted molar refractivity (Wildman–Crippen MR) is 92.6 cm³/mol. The van der Waals surface area contributed by atoms with Gasteiger partial charge in [-0.05, 0) is 43.5 Å². The molecule has 4 nitrogen and oxygen atoms in total. The molecule has 0 heterocycles. The molecule has 1 aromatic rings. The van der Waals surface area contributed by atoms with E-state index in [1.807, 2.05) is 0 Å². The normalized spacial score (nSPS) is 15.2. The summed E-state index contributed by atoms with van der Waals surface area (Å²) < 4.78 is 0. The van der Waals surface area contributed by atoms with Gasteiger partial charge in [0.15, 0.2) is 0 Å². The lowest BCUT2D eigenvalue weighted by Crippen LogP contribution is -2.36. The highest BCUT2D eigenvalue weighted by Crippen LogP contribution is 2.18. The SMILES string of the molecule is CCCCCNC(=O)c1ccc(C(=O)NC2CCCCC2)cc1. The second-order valence-corrected chi connectivity index (χ2v) is 6.35. The summed E-state index contributed by atoms with van der Waals surface area (Å²) in [5.41, 5.74) is 1.23. The first-order valence-corrected chi connectivity index (χ1v) is 8.90. The van der Waals surface area contributed by atoms with Crippen LogP contribution in [0.4, 0.5) is 0 Å². The Bertz CT molecular complexity index is 505. The van der Waals surface area contributed by atoms with Crippen molar-refractivity contribution in [3.63, 3.8) is 0 Å². The summed E-state index contributed by atoms with van der Waals surface area (Å²) in [6.07, 6.45) is 9.08. The maximum absolute atomic E-state index is 12.2. The molecule has 1 aliphatic carbocycles. The van der Waals surface area contributed by atoms with E-state index in [4.69, 9.17) is 0 Å². The third-order valence-corrected chi connectivity index (χ3v) is 4.42. The van der Waals surface area contributed by atoms with Gasteiger partial charge in [0.05, 0.1) is 0 Å². The van der Waals surface area contributed by atoms with Gasteiger partial charge in [0.25, 0.3) is 11.8 Å². The van der Waals surface area contributed by atoms with Crippen LogP contribution < -0.4 is 10.6 Å². The van der Waals surface area contributed by atoms with Crippen molar-refractivity contribution >= 4 is 11.8 Å². The molecule has 0 aliphatic heterocycles. The van der Waals surface area contributed by atoms with E-state index in [0.717, 1.165) is 32.1 Å². The smallest absolute Gasteiger partial charge is 0.251 e. The molecule has 23 heavy (non-hydrogen) atoms. The van der Waals surface area contributed by atoms with Crippen LogP contribution in [0.2, 0.25) is 0 Å². The van der Waals surface area contributed by atoms with Crippen LogP contribution in [0, 0.1) is 0 Å². The molecular formula is C19H28N2O2. The lowest BCUT2D eigenvalue weighted by molar-refractivity contribution is 0.0923. The fourth-order valence-electron chi connectivity index (χ4n) is 2.97. The van der Waals surface area contributed by atoms with Gasteiger partial charge < -0.3 is 10.6 Å². The molecule has 2 N–H and O–H groups in total. The second kappa shape index (κ2) is 9.33. The zero-order valence-electron chi connectivity index (χ0n) is 14.1. The molecule has 1 aliphatic rings. The van der Waals surface area contributed by atoms with Crippen molar-refractivity contribution < 1.29 is 9.59 Å². The van der Waals surface area contributed by atoms with E-state index in [-0.39, 0.29) is 11.8 Å². The molecule has 0 saturated heterocycles. The summed E-state index contributed by atoms with van der Waals surface area (Å²) in [5.74, 6) is -0.104. The van der Waals surface area contributed by atoms with Crippen LogP contribution in [0.15, 0.2) is 24.3 Å². The lowest BCUT2D eigenvalue weighted by Gasteiger charge is -2.22. The molecule has 0 spiro atoms. The van der Waals surface area contributed by atoms with Gasteiger partial charge in [0.1, 0.15) is 0 Å². The average Bonchev–Trinajstić information content (AvgIpc) is 2.59. The molecule has 1 saturated carbocycles. The third-order valence-electron chi connectivity index (χ3n) is 4.42. The molecule has 0 atom stereocenters. The number of carbonyl (C=O) groups excluding carboxylic acids is 2. The Kier molecular flexibility index (Phi) is 7.11. The summed E-state index contributed by atoms with van der Waals surface area (Å²) in [4.78, 5) is 24.2. The van der Waals surface area contributed by atoms with Crippen LogP contribution in [0.25, 0.3) is 0 Å². The van der Waals surface area contributed by atoms with E-state index in [2.05, 4.69) is 17.6 Å². The van der Waals surface area contributed by atoms with Gasteiger partial charge >= 0.3 is 0 Å². The predicted octanol–water partition coefficient (Wildman–Crippen LogP) is 3.67. The minimum Gasteiger partial charge on any atom is -0.352 e. The molecule has 4 heteroatoms. The van der Waals surface area contributed by atoms with Gasteiger partial charge in [0, 0.05) is 23.7 Å². The maximum atomic E-state index is 12.2. The molecular weight excluding hydrogens is 288 g/mol. The fourth-order valence-corrected chi connectivity index (χ4v) is 2.97. The lowest BCUT2D eigenvalue weighted by atomic mass is 9.95. The van der Waals surface area contributed by atoms with E-state index in [1.165, 1.54) is 19.3 Å². The van der Waals surface area contributed by atoms with Crippen LogP contribution in [0.3, 0.4) is 0 Å². The Labute approximate surface area is 139 Å². The Morgan fingerprint density at radius 1 is 0.957 bits per heavy atom. The molecule has 1 aromatic carbocycles. The van der Waals surface area contributed by atoms with Crippen molar-refractivity contribution in [1.29, 1.82) is 0 Å². The van der Waals surface area contributed by atoms with Crippen LogP contribution in [-0.2, 0) is 0 Å². The van der Waals surface area contributed by atoms with E-state index < -0.39 is 0 Å². The Balaban J connectivity index is 1.83. The van der Waals surface area contributed by atoms with Crippen LogP contribution in [0.5, 0.6) is 0 Å². The molecule has 2 amide bonds. The van der Waals surface area contributed by atoms with Gasteiger partial charge in [-0.15, -0.1) is 0 Å². The third kappa shape index (κ3) is 5.70. The van der Waals surface area contributed by atoms with Crippen molar-refractivity contribution in [3.05, 3.63) is 35.4 Å². The zero-order valence-corrected chi connectivity index (χ0v) is 14.1. The van der Waals surface area contributed by atoms with Crippen LogP contribution >= 0.6 is 0 Å². The van der Waals surface area contributed by atoms with Gasteiger partial charge in [-0.3, -0.25) is 9.59 Å². The Morgan fingerprint density at radius 2 is 1.57 bits per heavy atom. The first-order chi connectivity index (χ1) is 11.2. The molecule has 0 unspecified atom stereocenters. The van der Waals surface area contributed by atoms with Crippen LogP contribution in [0.1, 0.15) is 79.0 Å². The number of hydrogen-bond donors (Lipinski definition) is 2. The first-order valence-electron chi connectivity index (χ1n) is 8.90. The molecule has 2 rings (SSSR count). The molecule has 0 bridgehead atoms. The van der Waals surface area contributed by atoms with Gasteiger partial charge in [-0.2, -0.15) is 0 Å². The molecule has 1 fully saturated rings. The van der Waals surface area contributed by atoms with E-state index in [1.54, 1.807) is 24.3 Å². The monoisotopic (exact) mass is 316 g/mol. The van der Waals surface area contributed by atoms with Crippen LogP contribution in [-0.4, -0.2) is 24.4 Å². The summed E-state index contributed by atoms with van der Waals surface area (Å²) in [5, 5.41) is 6.00. The summed E-state index contributed by atoms with van der Waals surface area (Å²) in [7, 11) is 0. The van der Waals surface area contributed by atoms with Gasteiger partial charge in [-0.1, -0.05) is 39.0 Å². The summed E-state index contributed by atoms with van der Waals surface area (Å²) >= 11 is 0. The van der Waals surface area contributed by atoms with Crippen molar-refractivity contribution in [1.82, 2.24) is 10.6 Å². The van der Waals surface area contributed by atoms with Crippen molar-refractivity contribution in [3.8, 4) is 0 Å². The average molecular weight is 316 g/mol. The highest BCUT2D eigenvalue weighted by Gasteiger charge is 2.16. The van der Waals surface area contributed by atoms with Gasteiger partial charge in [-0.25, -0.2) is 0 Å². The summed E-state index contributed by atoms with van der Waals surface area (Å²) in [6.45, 7) is 2.84. The first kappa shape index (κ1) is 17.5. The largest absolute Gasteiger partial charge is 0.352 e. The molecule has 126 valence electrons. The van der Waals surface area contributed by atoms with E-state index in [9.17, 15) is 9.59 Å². The molecule has 0 radical (unpaired) electrons. The minimum absolute atomic E-state index is 0.0354. The number of benzene rings is 1. The van der Waals surface area contributed by atoms with Crippen molar-refractivity contribution in [2.45, 2.75) is 64.3 Å². The highest BCUT2D eigenvalue weighted by atomic mass is 16.2. The minimum atomic E-state index is -0.0691. The zero-order chi connectivity index (χ0) is 16.5. The number of hydrogen-bond acceptors (Lipinski definition) is 2. The quantitative estimate of drug-likeness (QED) is 0.754. The number of nitrogens with one attached hydrogen (secondary N) is 2. The maximum Gasteiger partial charge on any atom is 0.251 e. The Morgan fingerprint density at radius 3 is 2.17 bits per heavy atom. The molecule has 0 aromatic heterocycles. The number of unbranched alkanes of at least 4 members (excludes halogenated alkanes) is 2. The second-order valence-electron chi connectivity index (χ2n) is 6.35. The standard InChI is InChI=1S/C19H28N2O2/c1-2-3-7-14-20-18(22)15-10-12-16(13-11-15)19(23)21-17-8-5-4-6-9-17/h10-13,17H,2-9,14H2,1H3,(H,20,22)(H,21,23). The van der Waals surface area contributed by atoms with Gasteiger partial charge in [0.2, 0.25) is 0 Å². The topological polar surface area (TPSA) is 58.2 Å². The Hall–Kier alpha value is -1.84. The fraction of sp³-hybridized carbons (Fsp3) is 0.579. The van der Waals surface area contributed by atoms with E-state index >= 15 is 0 Å². The highest BCUT2D eigenvalue weighted by molar-refractivity contribution is 5.97. The summed E-state index contributed by atoms with van der Waals surface area (Å²) in [6, 6.07) is 7.23. The number of carbonyl (C=O) groups is 2. The van der Waals surface area contributed by atoms with E-state index in [0.29, 0.717) is 23.7 Å². The number of amides is 2. The van der Waals surface area contributed by atoms with Crippen molar-refractivity contribution in [2.24, 2.45) is 0 Å².